The van der Waals surface area contributed by atoms with Crippen LogP contribution in [0.2, 0.25) is 0 Å². The first-order chi connectivity index (χ1) is 45.0. The molecule has 4 aromatic heterocycles. The number of rotatable bonds is 8. The molecule has 0 saturated heterocycles. The van der Waals surface area contributed by atoms with Crippen molar-refractivity contribution in [3.63, 3.8) is 0 Å². The van der Waals surface area contributed by atoms with Crippen molar-refractivity contribution in [1.82, 2.24) is 0 Å². The van der Waals surface area contributed by atoms with Crippen molar-refractivity contribution in [2.45, 2.75) is 83.9 Å². The molecule has 0 aliphatic rings. The lowest BCUT2D eigenvalue weighted by molar-refractivity contribution is -0.660. The molecule has 4 heterocycles. The third kappa shape index (κ3) is 16.1. The highest BCUT2D eigenvalue weighted by molar-refractivity contribution is 5.75. The fourth-order valence-electron chi connectivity index (χ4n) is 11.2. The fourth-order valence-corrected chi connectivity index (χ4v) is 11.2. The molecule has 0 amide bonds. The highest BCUT2D eigenvalue weighted by Gasteiger charge is 2.20. The summed E-state index contributed by atoms with van der Waals surface area (Å²) in [5.74, 6) is 0. The summed E-state index contributed by atoms with van der Waals surface area (Å²) in [4.78, 5) is 0. The minimum Gasteiger partial charge on any atom is -0.201 e. The van der Waals surface area contributed by atoms with Gasteiger partial charge in [0.25, 0.3) is 0 Å². The Kier molecular flexibility index (Phi) is 18.4. The first kappa shape index (κ1) is 53.8. The molecule has 0 N–H and O–H groups in total. The van der Waals surface area contributed by atoms with Crippen LogP contribution in [-0.2, 0) is 28.2 Å². The molecule has 0 spiro atoms. The van der Waals surface area contributed by atoms with E-state index >= 15 is 0 Å². The monoisotopic (exact) mass is 1170 g/mol. The topological polar surface area (TPSA) is 15.5 Å². The Morgan fingerprint density at radius 2 is 0.557 bits per heavy atom. The van der Waals surface area contributed by atoms with Gasteiger partial charge in [0.2, 0.25) is 22.8 Å². The Bertz CT molecular complexity index is 4660. The van der Waals surface area contributed by atoms with Crippen molar-refractivity contribution in [2.24, 2.45) is 28.2 Å². The largest absolute Gasteiger partial charge is 0.213 e. The van der Waals surface area contributed by atoms with E-state index in [4.69, 9.17) is 12.3 Å². The summed E-state index contributed by atoms with van der Waals surface area (Å²) in [7, 11) is 7.91. The number of nitrogens with zero attached hydrogens (tertiary/aromatic N) is 4. The smallest absolute Gasteiger partial charge is 0.201 e. The number of pyridine rings is 4. The first-order valence-electron chi connectivity index (χ1n) is 33.7. The highest BCUT2D eigenvalue weighted by Crippen LogP contribution is 2.32. The molecular formula is C84H92N4+4. The molecular weight excluding hydrogens is 1060 g/mol. The number of benzene rings is 8. The number of hydrogen-bond acceptors (Lipinski definition) is 0. The van der Waals surface area contributed by atoms with Crippen LogP contribution in [-0.4, -0.2) is 0 Å². The van der Waals surface area contributed by atoms with Crippen LogP contribution in [0.5, 0.6) is 0 Å². The highest BCUT2D eigenvalue weighted by atomic mass is 14.9. The van der Waals surface area contributed by atoms with E-state index in [0.29, 0.717) is 16.7 Å². The van der Waals surface area contributed by atoms with Gasteiger partial charge in [-0.15, -0.1) is 0 Å². The second-order valence-electron chi connectivity index (χ2n) is 22.5. The Balaban J connectivity index is 0.000000182. The van der Waals surface area contributed by atoms with Crippen LogP contribution in [0.3, 0.4) is 0 Å². The van der Waals surface area contributed by atoms with E-state index < -0.39 is 20.6 Å². The SMILES string of the molecule is C.C.Cc1ccc(-c2cc(-c3ccccc3)c(C)c[n+]2C)c(C)c1.Cc1ccc(-c2ccc(-c3ccccc3)cc2C)[n+](C)c1.[2H]C([2H])([2H])c1ccc(-c2cc(-c3ccccc3)c(C([2H])([2H])[2H])c[n+]2C)c(C)c1.[2H]C([2H])([2H])c1ccc(-c2ccc(-c3ccccc3)cc2C)[n+](C)c1. The van der Waals surface area contributed by atoms with E-state index in [9.17, 15) is 0 Å². The molecule has 0 unspecified atom stereocenters. The van der Waals surface area contributed by atoms with Gasteiger partial charge in [-0.25, -0.2) is 18.3 Å². The predicted molar refractivity (Wildman–Crippen MR) is 375 cm³/mol. The molecule has 0 atom stereocenters. The van der Waals surface area contributed by atoms with Crippen LogP contribution in [0.1, 0.15) is 82.8 Å². The van der Waals surface area contributed by atoms with E-state index in [-0.39, 0.29) is 20.4 Å². The molecule has 0 bridgehead atoms. The van der Waals surface area contributed by atoms with E-state index in [1.54, 1.807) is 48.3 Å². The van der Waals surface area contributed by atoms with Gasteiger partial charge in [0.1, 0.15) is 28.2 Å². The normalized spacial score (nSPS) is 12.4. The summed E-state index contributed by atoms with van der Waals surface area (Å²) < 4.78 is 77.3. The van der Waals surface area contributed by atoms with Gasteiger partial charge < -0.3 is 0 Å². The van der Waals surface area contributed by atoms with Crippen molar-refractivity contribution < 1.29 is 30.6 Å². The van der Waals surface area contributed by atoms with Gasteiger partial charge in [-0.2, -0.15) is 0 Å². The molecule has 12 aromatic rings. The predicted octanol–water partition coefficient (Wildman–Crippen LogP) is 19.7. The number of aromatic nitrogens is 4. The summed E-state index contributed by atoms with van der Waals surface area (Å²) in [5, 5.41) is 0. The van der Waals surface area contributed by atoms with E-state index in [1.807, 2.05) is 79.2 Å². The van der Waals surface area contributed by atoms with Gasteiger partial charge in [0.15, 0.2) is 24.8 Å². The van der Waals surface area contributed by atoms with Crippen molar-refractivity contribution in [3.8, 4) is 89.5 Å². The number of aryl methyl sites for hydroxylation is 14. The summed E-state index contributed by atoms with van der Waals surface area (Å²) >= 11 is 0. The third-order valence-electron chi connectivity index (χ3n) is 15.7. The molecule has 444 valence electrons. The fraction of sp³-hybridized carbons (Fsp3) is 0.190. The standard InChI is InChI=1S/2C21H22N.2C20H20N.2CH4/c2*1-15-10-11-19(16(2)12-15)21-13-20(17(3)14-22(21)4)18-8-6-5-7-9-18;2*1-15-9-12-20(21(3)14-15)19-11-10-18(13-16(19)2)17-7-5-4-6-8-17;;/h2*5-14H,1-4H3;2*4-14H,1-3H3;2*1H4/q4*+1;;/i1D3,3D3;;1D3;;;. The Morgan fingerprint density at radius 3 is 0.966 bits per heavy atom. The Hall–Kier alpha value is -9.64. The molecule has 8 aromatic carbocycles. The maximum atomic E-state index is 7.93. The lowest BCUT2D eigenvalue weighted by atomic mass is 9.97. The van der Waals surface area contributed by atoms with Crippen LogP contribution in [0.4, 0.5) is 0 Å². The van der Waals surface area contributed by atoms with E-state index in [2.05, 4.69) is 223 Å². The average Bonchev–Trinajstić information content (AvgIpc) is 0.784. The van der Waals surface area contributed by atoms with Gasteiger partial charge in [-0.3, -0.25) is 0 Å². The first-order valence-corrected chi connectivity index (χ1v) is 29.2. The van der Waals surface area contributed by atoms with Crippen LogP contribution in [0, 0.1) is 69.0 Å². The molecule has 0 saturated carbocycles. The summed E-state index contributed by atoms with van der Waals surface area (Å²) in [6.45, 7) is 8.26. The zero-order valence-corrected chi connectivity index (χ0v) is 51.5. The lowest BCUT2D eigenvalue weighted by Crippen LogP contribution is -2.31. The van der Waals surface area contributed by atoms with Gasteiger partial charge in [-0.05, 0) is 172 Å². The zero-order chi connectivity index (χ0) is 68.5. The van der Waals surface area contributed by atoms with Crippen LogP contribution in [0.25, 0.3) is 89.5 Å². The summed E-state index contributed by atoms with van der Waals surface area (Å²) in [6.07, 6.45) is 7.71. The maximum absolute atomic E-state index is 7.93. The second-order valence-corrected chi connectivity index (χ2v) is 22.5. The molecule has 0 radical (unpaired) electrons. The molecule has 4 heteroatoms. The van der Waals surface area contributed by atoms with Crippen LogP contribution in [0.15, 0.2) is 255 Å². The summed E-state index contributed by atoms with van der Waals surface area (Å²) in [6, 6.07) is 77.7. The Labute approximate surface area is 540 Å². The van der Waals surface area contributed by atoms with Crippen molar-refractivity contribution in [1.29, 1.82) is 0 Å². The molecule has 12 rings (SSSR count). The minimum atomic E-state index is -2.25. The molecule has 0 fully saturated rings. The quantitative estimate of drug-likeness (QED) is 0.135. The molecule has 0 aliphatic carbocycles. The second kappa shape index (κ2) is 30.1. The minimum absolute atomic E-state index is 0. The zero-order valence-electron chi connectivity index (χ0n) is 60.5. The van der Waals surface area contributed by atoms with Crippen molar-refractivity contribution >= 4 is 0 Å². The molecule has 0 aliphatic heterocycles. The van der Waals surface area contributed by atoms with Gasteiger partial charge in [-0.1, -0.05) is 196 Å². The maximum Gasteiger partial charge on any atom is 0.213 e. The Morgan fingerprint density at radius 1 is 0.227 bits per heavy atom. The van der Waals surface area contributed by atoms with E-state index in [1.165, 1.54) is 83.7 Å². The lowest BCUT2D eigenvalue weighted by Gasteiger charge is -2.10. The van der Waals surface area contributed by atoms with Crippen molar-refractivity contribution in [3.05, 3.63) is 311 Å². The van der Waals surface area contributed by atoms with Crippen LogP contribution >= 0.6 is 0 Å². The van der Waals surface area contributed by atoms with Crippen LogP contribution < -0.4 is 18.3 Å². The van der Waals surface area contributed by atoms with Gasteiger partial charge in [0, 0.05) is 81.1 Å². The average molecular weight is 1170 g/mol. The molecule has 4 nitrogen and oxygen atoms in total. The number of hydrogen-bond donors (Lipinski definition) is 0. The van der Waals surface area contributed by atoms with Crippen molar-refractivity contribution in [2.75, 3.05) is 0 Å². The van der Waals surface area contributed by atoms with E-state index in [0.717, 1.165) is 39.2 Å². The van der Waals surface area contributed by atoms with Gasteiger partial charge in [0.05, 0.1) is 0 Å². The third-order valence-corrected chi connectivity index (χ3v) is 15.7. The summed E-state index contributed by atoms with van der Waals surface area (Å²) in [5.41, 5.74) is 27.2. The van der Waals surface area contributed by atoms with Gasteiger partial charge >= 0.3 is 0 Å². The molecule has 88 heavy (non-hydrogen) atoms.